The third kappa shape index (κ3) is 3.58. The Labute approximate surface area is 121 Å². The second-order valence-electron chi connectivity index (χ2n) is 5.16. The highest BCUT2D eigenvalue weighted by Gasteiger charge is 2.31. The second kappa shape index (κ2) is 5.70. The average molecular weight is 317 g/mol. The number of hydrogen-bond acceptors (Lipinski definition) is 4. The summed E-state index contributed by atoms with van der Waals surface area (Å²) < 4.78 is 40.0. The van der Waals surface area contributed by atoms with E-state index >= 15 is 0 Å². The molecule has 0 bridgehead atoms. The lowest BCUT2D eigenvalue weighted by Gasteiger charge is -2.12. The maximum absolute atomic E-state index is 13.6. The van der Waals surface area contributed by atoms with Crippen LogP contribution in [0.2, 0.25) is 0 Å². The summed E-state index contributed by atoms with van der Waals surface area (Å²) in [5.41, 5.74) is -0.767. The van der Waals surface area contributed by atoms with E-state index in [0.29, 0.717) is 0 Å². The molecule has 116 valence electrons. The number of rotatable bonds is 6. The molecular weight excluding hydrogens is 301 g/mol. The van der Waals surface area contributed by atoms with Crippen LogP contribution in [-0.2, 0) is 10.0 Å². The molecule has 2 rings (SSSR count). The highest BCUT2D eigenvalue weighted by Crippen LogP contribution is 2.32. The molecule has 1 aliphatic carbocycles. The molecular formula is C13H16FNO5S. The third-order valence-electron chi connectivity index (χ3n) is 3.42. The number of aliphatic hydroxyl groups excluding tert-OH is 1. The first-order valence-electron chi connectivity index (χ1n) is 6.43. The van der Waals surface area contributed by atoms with Gasteiger partial charge in [0, 0.05) is 6.54 Å². The van der Waals surface area contributed by atoms with Crippen LogP contribution in [0.4, 0.5) is 4.39 Å². The summed E-state index contributed by atoms with van der Waals surface area (Å²) in [6.45, 7) is 1.14. The zero-order valence-corrected chi connectivity index (χ0v) is 12.2. The average Bonchev–Trinajstić information content (AvgIpc) is 3.23. The van der Waals surface area contributed by atoms with Crippen LogP contribution in [0.5, 0.6) is 0 Å². The molecule has 3 N–H and O–H groups in total. The van der Waals surface area contributed by atoms with E-state index in [9.17, 15) is 22.7 Å². The van der Waals surface area contributed by atoms with Crippen molar-refractivity contribution in [1.29, 1.82) is 0 Å². The maximum atomic E-state index is 13.6. The summed E-state index contributed by atoms with van der Waals surface area (Å²) in [5.74, 6) is -2.39. The molecule has 1 aliphatic rings. The van der Waals surface area contributed by atoms with E-state index < -0.39 is 33.5 Å². The topological polar surface area (TPSA) is 104 Å². The summed E-state index contributed by atoms with van der Waals surface area (Å²) in [4.78, 5) is 10.6. The van der Waals surface area contributed by atoms with Gasteiger partial charge in [0.1, 0.15) is 5.82 Å². The molecule has 21 heavy (non-hydrogen) atoms. The Bertz CT molecular complexity index is 669. The highest BCUT2D eigenvalue weighted by molar-refractivity contribution is 7.89. The van der Waals surface area contributed by atoms with Crippen molar-refractivity contribution < 1.29 is 27.8 Å². The fraction of sp³-hybridized carbons (Fsp3) is 0.462. The number of aliphatic hydroxyl groups is 1. The van der Waals surface area contributed by atoms with Gasteiger partial charge in [0.2, 0.25) is 10.0 Å². The second-order valence-corrected chi connectivity index (χ2v) is 6.93. The van der Waals surface area contributed by atoms with E-state index in [0.717, 1.165) is 25.0 Å². The molecule has 0 heterocycles. The van der Waals surface area contributed by atoms with Gasteiger partial charge < -0.3 is 10.2 Å². The van der Waals surface area contributed by atoms with E-state index in [1.807, 2.05) is 0 Å². The Morgan fingerprint density at radius 1 is 1.48 bits per heavy atom. The molecule has 0 radical (unpaired) electrons. The van der Waals surface area contributed by atoms with Crippen LogP contribution in [0.25, 0.3) is 0 Å². The van der Waals surface area contributed by atoms with Crippen LogP contribution >= 0.6 is 0 Å². The standard InChI is InChI=1S/C13H16FNO5S/c1-7-4-9(5-10(12(7)14)13(17)18)21(19,20)15-6-11(16)8-2-3-8/h4-5,8,11,15-16H,2-3,6H2,1H3,(H,17,18). The first-order chi connectivity index (χ1) is 9.72. The van der Waals surface area contributed by atoms with Gasteiger partial charge in [0.05, 0.1) is 16.6 Å². The molecule has 0 spiro atoms. The molecule has 1 aromatic rings. The largest absolute Gasteiger partial charge is 0.478 e. The van der Waals surface area contributed by atoms with Gasteiger partial charge in [0.25, 0.3) is 0 Å². The summed E-state index contributed by atoms with van der Waals surface area (Å²) in [7, 11) is -4.00. The van der Waals surface area contributed by atoms with Gasteiger partial charge in [-0.3, -0.25) is 0 Å². The number of carboxylic acids is 1. The van der Waals surface area contributed by atoms with Crippen molar-refractivity contribution in [3.63, 3.8) is 0 Å². The Kier molecular flexibility index (Phi) is 4.31. The fourth-order valence-corrected chi connectivity index (χ4v) is 3.14. The minimum absolute atomic E-state index is 0.0713. The smallest absolute Gasteiger partial charge is 0.338 e. The van der Waals surface area contributed by atoms with E-state index in [2.05, 4.69) is 4.72 Å². The molecule has 0 aromatic heterocycles. The van der Waals surface area contributed by atoms with Crippen LogP contribution in [0, 0.1) is 18.7 Å². The minimum atomic E-state index is -4.00. The first kappa shape index (κ1) is 15.9. The normalized spacial score (nSPS) is 16.7. The van der Waals surface area contributed by atoms with Crippen molar-refractivity contribution in [2.75, 3.05) is 6.54 Å². The molecule has 1 aromatic carbocycles. The van der Waals surface area contributed by atoms with Crippen molar-refractivity contribution in [1.82, 2.24) is 4.72 Å². The van der Waals surface area contributed by atoms with Crippen LogP contribution in [0.15, 0.2) is 17.0 Å². The van der Waals surface area contributed by atoms with Crippen LogP contribution in [0.3, 0.4) is 0 Å². The summed E-state index contributed by atoms with van der Waals surface area (Å²) in [6, 6.07) is 1.84. The Morgan fingerprint density at radius 3 is 2.62 bits per heavy atom. The predicted molar refractivity (Wildman–Crippen MR) is 72.0 cm³/mol. The third-order valence-corrected chi connectivity index (χ3v) is 4.82. The Morgan fingerprint density at radius 2 is 2.10 bits per heavy atom. The van der Waals surface area contributed by atoms with Gasteiger partial charge in [-0.15, -0.1) is 0 Å². The molecule has 0 aliphatic heterocycles. The maximum Gasteiger partial charge on any atom is 0.338 e. The Balaban J connectivity index is 2.24. The van der Waals surface area contributed by atoms with Gasteiger partial charge in [-0.2, -0.15) is 0 Å². The van der Waals surface area contributed by atoms with Crippen molar-refractivity contribution in [3.8, 4) is 0 Å². The predicted octanol–water partition coefficient (Wildman–Crippen LogP) is 0.882. The molecule has 0 amide bonds. The Hall–Kier alpha value is -1.51. The number of halogens is 1. The first-order valence-corrected chi connectivity index (χ1v) is 7.92. The molecule has 1 fully saturated rings. The zero-order valence-electron chi connectivity index (χ0n) is 11.3. The fourth-order valence-electron chi connectivity index (χ4n) is 1.97. The lowest BCUT2D eigenvalue weighted by molar-refractivity contribution is 0.0691. The van der Waals surface area contributed by atoms with Gasteiger partial charge >= 0.3 is 5.97 Å². The zero-order chi connectivity index (χ0) is 15.8. The van der Waals surface area contributed by atoms with Crippen molar-refractivity contribution in [2.24, 2.45) is 5.92 Å². The minimum Gasteiger partial charge on any atom is -0.478 e. The number of hydrogen-bond donors (Lipinski definition) is 3. The molecule has 1 unspecified atom stereocenters. The number of aryl methyl sites for hydroxylation is 1. The highest BCUT2D eigenvalue weighted by atomic mass is 32.2. The van der Waals surface area contributed by atoms with Crippen LogP contribution in [-0.4, -0.2) is 37.2 Å². The number of benzene rings is 1. The summed E-state index contributed by atoms with van der Waals surface area (Å²) >= 11 is 0. The number of carbonyl (C=O) groups is 1. The lowest BCUT2D eigenvalue weighted by atomic mass is 10.1. The molecule has 1 atom stereocenters. The number of sulfonamides is 1. The van der Waals surface area contributed by atoms with Gasteiger partial charge in [-0.05, 0) is 43.4 Å². The quantitative estimate of drug-likeness (QED) is 0.722. The van der Waals surface area contributed by atoms with Gasteiger partial charge in [-0.25, -0.2) is 22.3 Å². The summed E-state index contributed by atoms with van der Waals surface area (Å²) in [5, 5.41) is 18.5. The van der Waals surface area contributed by atoms with Crippen LogP contribution in [0.1, 0.15) is 28.8 Å². The van der Waals surface area contributed by atoms with Crippen LogP contribution < -0.4 is 4.72 Å². The number of aromatic carboxylic acids is 1. The molecule has 6 nitrogen and oxygen atoms in total. The molecule has 8 heteroatoms. The SMILES string of the molecule is Cc1cc(S(=O)(=O)NCC(O)C2CC2)cc(C(=O)O)c1F. The van der Waals surface area contributed by atoms with Crippen molar-refractivity contribution >= 4 is 16.0 Å². The summed E-state index contributed by atoms with van der Waals surface area (Å²) in [6.07, 6.45) is 0.962. The van der Waals surface area contributed by atoms with E-state index in [1.54, 1.807) is 0 Å². The monoisotopic (exact) mass is 317 g/mol. The molecule has 0 saturated heterocycles. The van der Waals surface area contributed by atoms with Crippen molar-refractivity contribution in [2.45, 2.75) is 30.8 Å². The lowest BCUT2D eigenvalue weighted by Crippen LogP contribution is -2.33. The van der Waals surface area contributed by atoms with Gasteiger partial charge in [-0.1, -0.05) is 0 Å². The van der Waals surface area contributed by atoms with E-state index in [-0.39, 0.29) is 22.9 Å². The molecule has 1 saturated carbocycles. The number of carboxylic acid groups (broad SMARTS) is 1. The van der Waals surface area contributed by atoms with E-state index in [4.69, 9.17) is 5.11 Å². The van der Waals surface area contributed by atoms with Gasteiger partial charge in [0.15, 0.2) is 0 Å². The number of nitrogens with one attached hydrogen (secondary N) is 1. The van der Waals surface area contributed by atoms with E-state index in [1.165, 1.54) is 6.92 Å². The van der Waals surface area contributed by atoms with Crippen molar-refractivity contribution in [3.05, 3.63) is 29.1 Å².